The molecule has 2 fully saturated rings. The molecule has 290 valence electrons. The zero-order chi connectivity index (χ0) is 40.1. The molecule has 4 aliphatic carbocycles. The Labute approximate surface area is 349 Å². The van der Waals surface area contributed by atoms with Crippen molar-refractivity contribution in [2.45, 2.75) is 75.0 Å². The third-order valence-corrected chi connectivity index (χ3v) is 16.2. The van der Waals surface area contributed by atoms with E-state index in [1.807, 2.05) is 72.8 Å². The van der Waals surface area contributed by atoms with Crippen molar-refractivity contribution in [3.63, 3.8) is 0 Å². The van der Waals surface area contributed by atoms with Crippen LogP contribution in [0.3, 0.4) is 0 Å². The number of benzene rings is 5. The van der Waals surface area contributed by atoms with Crippen LogP contribution in [0.2, 0.25) is 0 Å². The average molecular weight is 819 g/mol. The van der Waals surface area contributed by atoms with E-state index in [0.717, 1.165) is 107 Å². The highest BCUT2D eigenvalue weighted by Gasteiger charge is 2.52. The number of aromatic nitrogens is 2. The number of thiazole rings is 2. The number of fused-ring (bicyclic) bond motifs is 14. The van der Waals surface area contributed by atoms with Crippen LogP contribution in [0.1, 0.15) is 86.7 Å². The second-order valence-electron chi connectivity index (χ2n) is 17.3. The number of hydrogen-bond donors (Lipinski definition) is 0. The summed E-state index contributed by atoms with van der Waals surface area (Å²) in [6, 6.07) is 27.6. The van der Waals surface area contributed by atoms with Gasteiger partial charge in [0, 0.05) is 32.4 Å². The molecule has 13 rings (SSSR count). The molecule has 0 bridgehead atoms. The van der Waals surface area contributed by atoms with Gasteiger partial charge in [-0.3, -0.25) is 19.2 Å². The van der Waals surface area contributed by atoms with Gasteiger partial charge in [0.25, 0.3) is 0 Å². The minimum Gasteiger partial charge on any atom is -0.287 e. The first kappa shape index (κ1) is 34.7. The van der Waals surface area contributed by atoms with Crippen LogP contribution >= 0.6 is 22.7 Å². The van der Waals surface area contributed by atoms with Gasteiger partial charge in [0.2, 0.25) is 32.0 Å². The molecule has 0 atom stereocenters. The van der Waals surface area contributed by atoms with Crippen molar-refractivity contribution in [3.8, 4) is 20.9 Å². The molecule has 0 N–H and O–H groups in total. The average Bonchev–Trinajstić information content (AvgIpc) is 4.09. The summed E-state index contributed by atoms with van der Waals surface area (Å²) < 4.78 is 0. The quantitative estimate of drug-likeness (QED) is 0.172. The topological polar surface area (TPSA) is 119 Å². The largest absolute Gasteiger partial charge is 0.287 e. The van der Waals surface area contributed by atoms with Crippen LogP contribution < -0.4 is 32.4 Å². The molecule has 2 saturated carbocycles. The van der Waals surface area contributed by atoms with Gasteiger partial charge in [0.15, 0.2) is 10.7 Å². The second kappa shape index (κ2) is 12.2. The van der Waals surface area contributed by atoms with E-state index in [4.69, 9.17) is 20.0 Å². The third kappa shape index (κ3) is 4.55. The summed E-state index contributed by atoms with van der Waals surface area (Å²) >= 11 is 2.98. The van der Waals surface area contributed by atoms with Crippen LogP contribution in [0.4, 0.5) is 10.3 Å². The first-order valence-electron chi connectivity index (χ1n) is 21.0. The molecule has 0 radical (unpaired) electrons. The highest BCUT2D eigenvalue weighted by atomic mass is 32.1. The highest BCUT2D eigenvalue weighted by Crippen LogP contribution is 2.64. The molecule has 2 aromatic heterocycles. The van der Waals surface area contributed by atoms with E-state index < -0.39 is 0 Å². The van der Waals surface area contributed by atoms with Gasteiger partial charge in [-0.2, -0.15) is 0 Å². The van der Waals surface area contributed by atoms with Gasteiger partial charge in [-0.05, 0) is 106 Å². The summed E-state index contributed by atoms with van der Waals surface area (Å²) in [6.45, 7) is 0. The van der Waals surface area contributed by atoms with Crippen molar-refractivity contribution in [2.75, 3.05) is 0 Å². The fourth-order valence-electron chi connectivity index (χ4n) is 11.4. The molecule has 2 heterocycles. The number of nitrogens with zero attached hydrogens (tertiary/aromatic N) is 4. The van der Waals surface area contributed by atoms with Gasteiger partial charge in [-0.25, -0.2) is 20.0 Å². The van der Waals surface area contributed by atoms with Crippen molar-refractivity contribution in [1.29, 1.82) is 0 Å². The lowest BCUT2D eigenvalue weighted by molar-refractivity contribution is 0.343. The first-order valence-corrected chi connectivity index (χ1v) is 22.6. The molecule has 0 unspecified atom stereocenters. The smallest absolute Gasteiger partial charge is 0.216 e. The van der Waals surface area contributed by atoms with Crippen molar-refractivity contribution in [3.05, 3.63) is 159 Å². The van der Waals surface area contributed by atoms with Crippen molar-refractivity contribution in [2.24, 2.45) is 9.98 Å². The summed E-state index contributed by atoms with van der Waals surface area (Å²) in [5.74, 6) is 0. The molecule has 2 spiro atoms. The Morgan fingerprint density at radius 1 is 0.450 bits per heavy atom. The molecule has 0 saturated heterocycles. The van der Waals surface area contributed by atoms with Gasteiger partial charge in [0.1, 0.15) is 0 Å². The number of rotatable bonds is 2. The molecular weight excluding hydrogens is 785 g/mol. The molecule has 0 aliphatic heterocycles. The van der Waals surface area contributed by atoms with E-state index >= 15 is 0 Å². The maximum atomic E-state index is 13.7. The van der Waals surface area contributed by atoms with Gasteiger partial charge in [-0.15, -0.1) is 0 Å². The molecule has 60 heavy (non-hydrogen) atoms. The van der Waals surface area contributed by atoms with Crippen LogP contribution in [-0.2, 0) is 10.8 Å². The molecule has 4 aliphatic rings. The van der Waals surface area contributed by atoms with E-state index in [9.17, 15) is 19.2 Å². The van der Waals surface area contributed by atoms with Crippen molar-refractivity contribution >= 4 is 76.0 Å². The Morgan fingerprint density at radius 2 is 0.783 bits per heavy atom. The Kier molecular flexibility index (Phi) is 7.08. The van der Waals surface area contributed by atoms with Gasteiger partial charge in [-0.1, -0.05) is 110 Å². The van der Waals surface area contributed by atoms with Crippen LogP contribution in [-0.4, -0.2) is 9.97 Å². The summed E-state index contributed by atoms with van der Waals surface area (Å²) in [7, 11) is 0. The van der Waals surface area contributed by atoms with Crippen LogP contribution in [0.15, 0.2) is 114 Å². The summed E-state index contributed by atoms with van der Waals surface area (Å²) in [5, 5.41) is 6.06. The second-order valence-corrected chi connectivity index (χ2v) is 19.3. The summed E-state index contributed by atoms with van der Waals surface area (Å²) in [4.78, 5) is 77.1. The first-order chi connectivity index (χ1) is 29.3. The lowest BCUT2D eigenvalue weighted by Crippen LogP contribution is -2.31. The lowest BCUT2D eigenvalue weighted by atomic mass is 9.67. The Hall–Kier alpha value is -6.10. The normalized spacial score (nSPS) is 17.2. The van der Waals surface area contributed by atoms with Gasteiger partial charge >= 0.3 is 0 Å². The minimum absolute atomic E-state index is 0.0611. The molecule has 10 heteroatoms. The SMILES string of the molecule is O=c1c(=Nc2nc3c(s2)-c2cc4c(cc2C32CCCCC2)-c2sc(N=c3c(=O)c5cc6ccccc6cc5c3=O)nc2C42CCCCC2)c(=O)c2cc3ccccc3cc12. The molecule has 7 aromatic carbocycles. The monoisotopic (exact) mass is 818 g/mol. The van der Waals surface area contributed by atoms with E-state index in [2.05, 4.69) is 12.1 Å². The van der Waals surface area contributed by atoms with Crippen molar-refractivity contribution in [1.82, 2.24) is 9.97 Å². The maximum Gasteiger partial charge on any atom is 0.216 e. The van der Waals surface area contributed by atoms with Crippen molar-refractivity contribution < 1.29 is 0 Å². The zero-order valence-electron chi connectivity index (χ0n) is 32.4. The van der Waals surface area contributed by atoms with Crippen LogP contribution in [0, 0.1) is 0 Å². The summed E-state index contributed by atoms with van der Waals surface area (Å²) in [6.07, 6.45) is 10.5. The Bertz CT molecular complexity index is 3350. The predicted molar refractivity (Wildman–Crippen MR) is 240 cm³/mol. The Morgan fingerprint density at radius 3 is 1.12 bits per heavy atom. The summed E-state index contributed by atoms with van der Waals surface area (Å²) in [5.41, 5.74) is 4.99. The zero-order valence-corrected chi connectivity index (χ0v) is 34.0. The minimum atomic E-state index is -0.344. The van der Waals surface area contributed by atoms with E-state index in [1.165, 1.54) is 44.9 Å². The van der Waals surface area contributed by atoms with E-state index in [0.29, 0.717) is 31.8 Å². The molecular formula is C50H34N4O4S2. The Balaban J connectivity index is 0.980. The number of hydrogen-bond acceptors (Lipinski definition) is 10. The van der Waals surface area contributed by atoms with Crippen LogP contribution in [0.5, 0.6) is 0 Å². The van der Waals surface area contributed by atoms with Crippen LogP contribution in [0.25, 0.3) is 64.0 Å². The fraction of sp³-hybridized carbons (Fsp3) is 0.240. The predicted octanol–water partition coefficient (Wildman–Crippen LogP) is 9.33. The van der Waals surface area contributed by atoms with E-state index in [1.54, 1.807) is 0 Å². The lowest BCUT2D eigenvalue weighted by Gasteiger charge is -2.36. The van der Waals surface area contributed by atoms with Gasteiger partial charge < -0.3 is 0 Å². The molecule has 0 amide bonds. The van der Waals surface area contributed by atoms with Gasteiger partial charge in [0.05, 0.1) is 21.1 Å². The molecule has 9 aromatic rings. The maximum absolute atomic E-state index is 13.7. The third-order valence-electron chi connectivity index (χ3n) is 14.3. The van der Waals surface area contributed by atoms with E-state index in [-0.39, 0.29) is 43.3 Å². The molecule has 8 nitrogen and oxygen atoms in total. The highest BCUT2D eigenvalue weighted by molar-refractivity contribution is 7.19. The fourth-order valence-corrected chi connectivity index (χ4v) is 13.6. The standard InChI is InChI=1S/C50H34N4O4S2/c55-39-29-19-25-11-3-4-12-26(25)20-30(29)40(56)37(39)51-47-53-45-43(59-47)33-24-36-34(23-35(33)49(45)15-7-1-8-16-49)44-46(50(36)17-9-2-10-18-50)54-48(60-44)52-38-41(57)31-21-27-13-5-6-14-28(27)22-32(31)42(38)58/h3-6,11-14,19-24H,1-2,7-10,15-18H2.